The Hall–Kier alpha value is -5.92. The molecule has 0 radical (unpaired) electrons. The van der Waals surface area contributed by atoms with Crippen molar-refractivity contribution in [3.63, 3.8) is 0 Å². The minimum atomic E-state index is -1.16. The Morgan fingerprint density at radius 2 is 1.38 bits per heavy atom. The van der Waals surface area contributed by atoms with Gasteiger partial charge in [-0.2, -0.15) is 0 Å². The zero-order chi connectivity index (χ0) is 36.0. The van der Waals surface area contributed by atoms with Crippen molar-refractivity contribution in [3.8, 4) is 5.75 Å². The Morgan fingerprint density at radius 1 is 0.780 bits per heavy atom. The standard InChI is InChI=1S/C36H41N5O9/c1-23(38-33(45)28(19-25-14-16-27(42)17-15-25)40-36(49)50-22-26-11-6-3-7-12-26)32(44)37-21-31(43)39-29(20-24-9-4-2-5-10-24)34(46)41-18-8-13-30(41)35(47)48/h2-7,9-12,14-17,23,28-30,42H,8,13,18-22H2,1H3,(H,37,44)(H,38,45)(H,39,43)(H,40,49)(H,47,48)/t23-,28+,29+,30+/m1/s1. The van der Waals surface area contributed by atoms with Crippen molar-refractivity contribution in [3.05, 3.63) is 102 Å². The highest BCUT2D eigenvalue weighted by molar-refractivity contribution is 5.94. The maximum absolute atomic E-state index is 13.4. The molecule has 1 aliphatic heterocycles. The predicted molar refractivity (Wildman–Crippen MR) is 180 cm³/mol. The Labute approximate surface area is 289 Å². The molecule has 0 saturated carbocycles. The zero-order valence-electron chi connectivity index (χ0n) is 27.5. The molecule has 4 rings (SSSR count). The number of ether oxygens (including phenoxy) is 1. The molecule has 3 aromatic carbocycles. The molecule has 0 unspecified atom stereocenters. The molecule has 0 aliphatic carbocycles. The molecular formula is C36H41N5O9. The van der Waals surface area contributed by atoms with Crippen molar-refractivity contribution in [1.82, 2.24) is 26.2 Å². The highest BCUT2D eigenvalue weighted by atomic mass is 16.5. The number of carbonyl (C=O) groups is 6. The van der Waals surface area contributed by atoms with Crippen LogP contribution in [0.1, 0.15) is 36.5 Å². The number of benzene rings is 3. The predicted octanol–water partition coefficient (Wildman–Crippen LogP) is 1.65. The van der Waals surface area contributed by atoms with Crippen LogP contribution in [0.2, 0.25) is 0 Å². The number of hydrogen-bond donors (Lipinski definition) is 6. The third-order valence-electron chi connectivity index (χ3n) is 8.11. The first-order chi connectivity index (χ1) is 24.0. The molecule has 3 aromatic rings. The van der Waals surface area contributed by atoms with Gasteiger partial charge in [0.15, 0.2) is 0 Å². The number of rotatable bonds is 15. The number of aliphatic carboxylic acids is 1. The van der Waals surface area contributed by atoms with Crippen LogP contribution in [0.3, 0.4) is 0 Å². The van der Waals surface area contributed by atoms with E-state index in [4.69, 9.17) is 4.74 Å². The molecule has 14 nitrogen and oxygen atoms in total. The Kier molecular flexibility index (Phi) is 13.3. The molecule has 1 fully saturated rings. The first-order valence-corrected chi connectivity index (χ1v) is 16.2. The molecule has 1 saturated heterocycles. The number of nitrogens with one attached hydrogen (secondary N) is 4. The summed E-state index contributed by atoms with van der Waals surface area (Å²) in [4.78, 5) is 78.2. The van der Waals surface area contributed by atoms with Crippen molar-refractivity contribution >= 4 is 35.7 Å². The van der Waals surface area contributed by atoms with E-state index in [1.807, 2.05) is 6.07 Å². The van der Waals surface area contributed by atoms with E-state index in [0.717, 1.165) is 11.1 Å². The van der Waals surface area contributed by atoms with Gasteiger partial charge in [0.25, 0.3) is 0 Å². The SMILES string of the molecule is C[C@@H](NC(=O)[C@H](Cc1ccc(O)cc1)NC(=O)OCc1ccccc1)C(=O)NCC(=O)N[C@@H](Cc1ccccc1)C(=O)N1CCC[C@H]1C(=O)O. The van der Waals surface area contributed by atoms with Gasteiger partial charge in [0.05, 0.1) is 6.54 Å². The van der Waals surface area contributed by atoms with Crippen LogP contribution in [-0.4, -0.2) is 88.1 Å². The fraction of sp³-hybridized carbons (Fsp3) is 0.333. The summed E-state index contributed by atoms with van der Waals surface area (Å²) in [6.45, 7) is 1.09. The number of nitrogens with zero attached hydrogens (tertiary/aromatic N) is 1. The van der Waals surface area contributed by atoms with Gasteiger partial charge in [-0.05, 0) is 48.6 Å². The number of aromatic hydroxyl groups is 1. The number of alkyl carbamates (subject to hydrolysis) is 1. The minimum absolute atomic E-state index is 0.0138. The summed E-state index contributed by atoms with van der Waals surface area (Å²) in [6.07, 6.45) is 0.101. The second-order valence-corrected chi connectivity index (χ2v) is 11.9. The van der Waals surface area contributed by atoms with Crippen LogP contribution in [0, 0.1) is 0 Å². The Bertz CT molecular complexity index is 1640. The highest BCUT2D eigenvalue weighted by Crippen LogP contribution is 2.20. The first kappa shape index (κ1) is 36.9. The molecule has 1 aliphatic rings. The third-order valence-corrected chi connectivity index (χ3v) is 8.11. The lowest BCUT2D eigenvalue weighted by molar-refractivity contribution is -0.149. The highest BCUT2D eigenvalue weighted by Gasteiger charge is 2.37. The number of carbonyl (C=O) groups excluding carboxylic acids is 5. The van der Waals surface area contributed by atoms with Gasteiger partial charge in [0.1, 0.15) is 36.5 Å². The van der Waals surface area contributed by atoms with Crippen molar-refractivity contribution in [2.45, 2.75) is 63.4 Å². The van der Waals surface area contributed by atoms with Gasteiger partial charge in [0.2, 0.25) is 23.6 Å². The average molecular weight is 688 g/mol. The van der Waals surface area contributed by atoms with E-state index in [-0.39, 0.29) is 31.7 Å². The lowest BCUT2D eigenvalue weighted by atomic mass is 10.0. The van der Waals surface area contributed by atoms with Crippen LogP contribution in [0.25, 0.3) is 0 Å². The monoisotopic (exact) mass is 687 g/mol. The van der Waals surface area contributed by atoms with Gasteiger partial charge in [-0.15, -0.1) is 0 Å². The number of hydrogen-bond acceptors (Lipinski definition) is 8. The molecular weight excluding hydrogens is 646 g/mol. The Balaban J connectivity index is 1.34. The smallest absolute Gasteiger partial charge is 0.408 e. The number of amides is 5. The Morgan fingerprint density at radius 3 is 2.02 bits per heavy atom. The topological polar surface area (TPSA) is 203 Å². The van der Waals surface area contributed by atoms with E-state index in [1.165, 1.54) is 24.0 Å². The van der Waals surface area contributed by atoms with Crippen LogP contribution in [0.4, 0.5) is 4.79 Å². The van der Waals surface area contributed by atoms with Gasteiger partial charge >= 0.3 is 12.1 Å². The second-order valence-electron chi connectivity index (χ2n) is 11.9. The number of likely N-dealkylation sites (tertiary alicyclic amines) is 1. The molecule has 4 atom stereocenters. The summed E-state index contributed by atoms with van der Waals surface area (Å²) in [5.41, 5.74) is 2.10. The second kappa shape index (κ2) is 18.0. The maximum atomic E-state index is 13.4. The van der Waals surface area contributed by atoms with Crippen molar-refractivity contribution in [2.24, 2.45) is 0 Å². The van der Waals surface area contributed by atoms with Gasteiger partial charge in [0, 0.05) is 19.4 Å². The molecule has 1 heterocycles. The molecule has 50 heavy (non-hydrogen) atoms. The quantitative estimate of drug-likeness (QED) is 0.137. The number of carboxylic acid groups (broad SMARTS) is 1. The molecule has 5 amide bonds. The summed E-state index contributed by atoms with van der Waals surface area (Å²) in [7, 11) is 0. The summed E-state index contributed by atoms with van der Waals surface area (Å²) < 4.78 is 5.27. The van der Waals surface area contributed by atoms with Crippen molar-refractivity contribution in [2.75, 3.05) is 13.1 Å². The van der Waals surface area contributed by atoms with E-state index in [1.54, 1.807) is 66.7 Å². The van der Waals surface area contributed by atoms with Crippen LogP contribution < -0.4 is 21.3 Å². The first-order valence-electron chi connectivity index (χ1n) is 16.2. The van der Waals surface area contributed by atoms with Crippen LogP contribution in [-0.2, 0) is 48.2 Å². The molecule has 0 spiro atoms. The number of phenols is 1. The van der Waals surface area contributed by atoms with Gasteiger partial charge in [-0.3, -0.25) is 19.2 Å². The normalized spacial score (nSPS) is 15.5. The lowest BCUT2D eigenvalue weighted by Crippen LogP contribution is -2.56. The largest absolute Gasteiger partial charge is 0.508 e. The van der Waals surface area contributed by atoms with Crippen molar-refractivity contribution < 1.29 is 43.7 Å². The molecule has 0 aromatic heterocycles. The van der Waals surface area contributed by atoms with Crippen LogP contribution in [0.5, 0.6) is 5.75 Å². The molecule has 14 heteroatoms. The summed E-state index contributed by atoms with van der Waals surface area (Å²) in [6, 6.07) is 19.6. The summed E-state index contributed by atoms with van der Waals surface area (Å²) in [5, 5.41) is 29.3. The third kappa shape index (κ3) is 11.1. The number of phenolic OH excluding ortho intramolecular Hbond substituents is 1. The lowest BCUT2D eigenvalue weighted by Gasteiger charge is -2.27. The molecule has 0 bridgehead atoms. The van der Waals surface area contributed by atoms with E-state index in [9.17, 15) is 39.0 Å². The van der Waals surface area contributed by atoms with Gasteiger partial charge in [-0.1, -0.05) is 72.8 Å². The zero-order valence-corrected chi connectivity index (χ0v) is 27.5. The van der Waals surface area contributed by atoms with E-state index >= 15 is 0 Å². The summed E-state index contributed by atoms with van der Waals surface area (Å²) in [5.74, 6) is -3.73. The van der Waals surface area contributed by atoms with E-state index in [0.29, 0.717) is 18.4 Å². The van der Waals surface area contributed by atoms with Crippen molar-refractivity contribution in [1.29, 1.82) is 0 Å². The fourth-order valence-electron chi connectivity index (χ4n) is 5.47. The van der Waals surface area contributed by atoms with Gasteiger partial charge < -0.3 is 41.1 Å². The van der Waals surface area contributed by atoms with Crippen LogP contribution in [0.15, 0.2) is 84.9 Å². The summed E-state index contributed by atoms with van der Waals surface area (Å²) >= 11 is 0. The number of carboxylic acids is 1. The van der Waals surface area contributed by atoms with Gasteiger partial charge in [-0.25, -0.2) is 9.59 Å². The van der Waals surface area contributed by atoms with E-state index < -0.39 is 66.4 Å². The average Bonchev–Trinajstić information content (AvgIpc) is 3.61. The minimum Gasteiger partial charge on any atom is -0.508 e. The van der Waals surface area contributed by atoms with Crippen LogP contribution >= 0.6 is 0 Å². The molecule has 264 valence electrons. The maximum Gasteiger partial charge on any atom is 0.408 e. The fourth-order valence-corrected chi connectivity index (χ4v) is 5.47. The molecule has 6 N–H and O–H groups in total. The van der Waals surface area contributed by atoms with E-state index in [2.05, 4.69) is 21.3 Å².